The smallest absolute Gasteiger partial charge is 0.222 e. The summed E-state index contributed by atoms with van der Waals surface area (Å²) >= 11 is 0. The first-order valence-electron chi connectivity index (χ1n) is 8.96. The van der Waals surface area contributed by atoms with Crippen molar-refractivity contribution in [3.8, 4) is 0 Å². The molecule has 2 heterocycles. The highest BCUT2D eigenvalue weighted by atomic mass is 35.5. The normalized spacial score (nSPS) is 20.7. The van der Waals surface area contributed by atoms with E-state index in [0.717, 1.165) is 35.7 Å². The van der Waals surface area contributed by atoms with Crippen LogP contribution in [0, 0.1) is 0 Å². The molecule has 0 unspecified atom stereocenters. The number of nitrogens with two attached hydrogens (primary N) is 1. The molecule has 2 fully saturated rings. The van der Waals surface area contributed by atoms with Gasteiger partial charge in [0.2, 0.25) is 5.95 Å². The molecule has 2 aliphatic carbocycles. The van der Waals surface area contributed by atoms with E-state index in [4.69, 9.17) is 15.7 Å². The van der Waals surface area contributed by atoms with Gasteiger partial charge in [-0.1, -0.05) is 0 Å². The van der Waals surface area contributed by atoms with Crippen molar-refractivity contribution in [2.75, 3.05) is 24.3 Å². The molecular formula is C18H27Cl2N7. The summed E-state index contributed by atoms with van der Waals surface area (Å²) in [7, 11) is 3.87. The summed E-state index contributed by atoms with van der Waals surface area (Å²) in [6.07, 6.45) is 8.17. The summed E-state index contributed by atoms with van der Waals surface area (Å²) in [6.45, 7) is 0.717. The second-order valence-corrected chi connectivity index (χ2v) is 7.23. The molecule has 2 aliphatic rings. The van der Waals surface area contributed by atoms with Gasteiger partial charge in [0.15, 0.2) is 0 Å². The van der Waals surface area contributed by atoms with Gasteiger partial charge < -0.3 is 16.0 Å². The van der Waals surface area contributed by atoms with E-state index in [1.54, 1.807) is 0 Å². The molecule has 7 nitrogen and oxygen atoms in total. The fraction of sp³-hybridized carbons (Fsp3) is 0.556. The van der Waals surface area contributed by atoms with Gasteiger partial charge in [-0.3, -0.25) is 0 Å². The molecule has 148 valence electrons. The SMILES string of the molecule is CNc1ncc(CN(C)c2cc(C3CC(N)C3)nc(C3CC3)n2)cn1.Cl.Cl. The molecule has 0 atom stereocenters. The first-order valence-corrected chi connectivity index (χ1v) is 8.96. The molecule has 0 amide bonds. The Kier molecular flexibility index (Phi) is 7.19. The summed E-state index contributed by atoms with van der Waals surface area (Å²) in [5.74, 6) is 3.64. The van der Waals surface area contributed by atoms with Gasteiger partial charge in [-0.25, -0.2) is 19.9 Å². The minimum Gasteiger partial charge on any atom is -0.357 e. The minimum absolute atomic E-state index is 0. The first kappa shape index (κ1) is 21.6. The Hall–Kier alpha value is -1.70. The number of nitrogens with zero attached hydrogens (tertiary/aromatic N) is 5. The maximum Gasteiger partial charge on any atom is 0.222 e. The van der Waals surface area contributed by atoms with Crippen LogP contribution in [0.4, 0.5) is 11.8 Å². The van der Waals surface area contributed by atoms with Crippen molar-refractivity contribution in [2.24, 2.45) is 5.73 Å². The molecule has 0 spiro atoms. The van der Waals surface area contributed by atoms with Crippen LogP contribution in [-0.2, 0) is 6.54 Å². The van der Waals surface area contributed by atoms with Crippen molar-refractivity contribution in [1.29, 1.82) is 0 Å². The van der Waals surface area contributed by atoms with E-state index < -0.39 is 0 Å². The molecule has 0 bridgehead atoms. The Bertz CT molecular complexity index is 746. The second-order valence-electron chi connectivity index (χ2n) is 7.23. The van der Waals surface area contributed by atoms with Gasteiger partial charge in [-0.2, -0.15) is 0 Å². The van der Waals surface area contributed by atoms with Gasteiger partial charge in [0.1, 0.15) is 11.6 Å². The average molecular weight is 412 g/mol. The third-order valence-corrected chi connectivity index (χ3v) is 5.02. The van der Waals surface area contributed by atoms with Crippen molar-refractivity contribution in [3.63, 3.8) is 0 Å². The van der Waals surface area contributed by atoms with E-state index in [0.29, 0.717) is 30.4 Å². The van der Waals surface area contributed by atoms with Crippen LogP contribution in [0.1, 0.15) is 54.6 Å². The summed E-state index contributed by atoms with van der Waals surface area (Å²) in [5.41, 5.74) is 8.18. The number of nitrogens with one attached hydrogen (secondary N) is 1. The topological polar surface area (TPSA) is 92.9 Å². The molecule has 2 aromatic rings. The van der Waals surface area contributed by atoms with Crippen LogP contribution >= 0.6 is 24.8 Å². The van der Waals surface area contributed by atoms with Crippen molar-refractivity contribution in [1.82, 2.24) is 19.9 Å². The van der Waals surface area contributed by atoms with Crippen LogP contribution in [0.15, 0.2) is 18.5 Å². The van der Waals surface area contributed by atoms with Gasteiger partial charge in [-0.15, -0.1) is 24.8 Å². The van der Waals surface area contributed by atoms with Crippen LogP contribution < -0.4 is 16.0 Å². The van der Waals surface area contributed by atoms with Crippen molar-refractivity contribution in [3.05, 3.63) is 35.5 Å². The lowest BCUT2D eigenvalue weighted by Crippen LogP contribution is -2.35. The maximum atomic E-state index is 5.97. The number of hydrogen-bond donors (Lipinski definition) is 2. The monoisotopic (exact) mass is 411 g/mol. The predicted molar refractivity (Wildman–Crippen MR) is 112 cm³/mol. The van der Waals surface area contributed by atoms with Gasteiger partial charge in [-0.05, 0) is 25.7 Å². The Morgan fingerprint density at radius 1 is 1.11 bits per heavy atom. The van der Waals surface area contributed by atoms with Crippen LogP contribution in [0.5, 0.6) is 0 Å². The first-order chi connectivity index (χ1) is 12.1. The van der Waals surface area contributed by atoms with Gasteiger partial charge >= 0.3 is 0 Å². The average Bonchev–Trinajstić information content (AvgIpc) is 3.44. The Morgan fingerprint density at radius 2 is 1.78 bits per heavy atom. The molecular weight excluding hydrogens is 385 g/mol. The van der Waals surface area contributed by atoms with Crippen molar-refractivity contribution >= 4 is 36.6 Å². The molecule has 3 N–H and O–H groups in total. The van der Waals surface area contributed by atoms with Crippen molar-refractivity contribution in [2.45, 2.75) is 50.1 Å². The van der Waals surface area contributed by atoms with E-state index >= 15 is 0 Å². The summed E-state index contributed by atoms with van der Waals surface area (Å²) < 4.78 is 0. The highest BCUT2D eigenvalue weighted by Crippen LogP contribution is 2.41. The van der Waals surface area contributed by atoms with E-state index in [2.05, 4.69) is 33.3 Å². The number of hydrogen-bond acceptors (Lipinski definition) is 7. The number of halogens is 2. The highest BCUT2D eigenvalue weighted by Gasteiger charge is 2.32. The zero-order valence-electron chi connectivity index (χ0n) is 15.6. The Morgan fingerprint density at radius 3 is 2.33 bits per heavy atom. The van der Waals surface area contributed by atoms with E-state index in [-0.39, 0.29) is 24.8 Å². The molecule has 0 aliphatic heterocycles. The lowest BCUT2D eigenvalue weighted by Gasteiger charge is -2.32. The van der Waals surface area contributed by atoms with Gasteiger partial charge in [0, 0.05) is 68.2 Å². The standard InChI is InChI=1S/C18H25N7.2ClH/c1-20-18-21-8-11(9-22-18)10-25(2)16-7-15(13-5-14(19)6-13)23-17(24-16)12-3-4-12;;/h7-9,12-14H,3-6,10,19H2,1-2H3,(H,20,21,22);2*1H. The lowest BCUT2D eigenvalue weighted by atomic mass is 9.78. The molecule has 2 saturated carbocycles. The van der Waals surface area contributed by atoms with E-state index in [1.165, 1.54) is 12.8 Å². The van der Waals surface area contributed by atoms with E-state index in [9.17, 15) is 0 Å². The Balaban J connectivity index is 0.00000131. The maximum absolute atomic E-state index is 5.97. The third-order valence-electron chi connectivity index (χ3n) is 5.02. The molecule has 27 heavy (non-hydrogen) atoms. The number of aromatic nitrogens is 4. The highest BCUT2D eigenvalue weighted by molar-refractivity contribution is 5.85. The number of anilines is 2. The third kappa shape index (κ3) is 4.97. The largest absolute Gasteiger partial charge is 0.357 e. The molecule has 0 radical (unpaired) electrons. The molecule has 0 aromatic carbocycles. The number of rotatable bonds is 6. The molecule has 4 rings (SSSR count). The van der Waals surface area contributed by atoms with Crippen LogP contribution in [0.25, 0.3) is 0 Å². The summed E-state index contributed by atoms with van der Waals surface area (Å²) in [5, 5.41) is 2.94. The van der Waals surface area contributed by atoms with Crippen LogP contribution in [0.3, 0.4) is 0 Å². The Labute approximate surface area is 172 Å². The minimum atomic E-state index is 0. The summed E-state index contributed by atoms with van der Waals surface area (Å²) in [6, 6.07) is 2.46. The van der Waals surface area contributed by atoms with Crippen LogP contribution in [-0.4, -0.2) is 40.1 Å². The zero-order valence-corrected chi connectivity index (χ0v) is 17.3. The van der Waals surface area contributed by atoms with Crippen LogP contribution in [0.2, 0.25) is 0 Å². The summed E-state index contributed by atoms with van der Waals surface area (Å²) in [4.78, 5) is 20.4. The fourth-order valence-electron chi connectivity index (χ4n) is 3.22. The second kappa shape index (κ2) is 8.99. The van der Waals surface area contributed by atoms with E-state index in [1.807, 2.05) is 19.4 Å². The quantitative estimate of drug-likeness (QED) is 0.754. The van der Waals surface area contributed by atoms with Gasteiger partial charge in [0.25, 0.3) is 0 Å². The fourth-order valence-corrected chi connectivity index (χ4v) is 3.22. The molecule has 9 heteroatoms. The lowest BCUT2D eigenvalue weighted by molar-refractivity contribution is 0.344. The molecule has 0 saturated heterocycles. The predicted octanol–water partition coefficient (Wildman–Crippen LogP) is 2.87. The zero-order chi connectivity index (χ0) is 17.4. The molecule has 2 aromatic heterocycles. The van der Waals surface area contributed by atoms with Gasteiger partial charge in [0.05, 0.1) is 0 Å². The van der Waals surface area contributed by atoms with Crippen molar-refractivity contribution < 1.29 is 0 Å².